The third-order valence-electron chi connectivity index (χ3n) is 5.95. The molecule has 0 radical (unpaired) electrons. The number of aromatic nitrogens is 4. The van der Waals surface area contributed by atoms with Crippen LogP contribution in [0.1, 0.15) is 45.6 Å². The molecule has 5 rings (SSSR count). The molecule has 38 heavy (non-hydrogen) atoms. The molecule has 3 aromatic heterocycles. The van der Waals surface area contributed by atoms with Gasteiger partial charge in [0.1, 0.15) is 11.5 Å². The summed E-state index contributed by atoms with van der Waals surface area (Å²) in [5, 5.41) is 8.50. The Balaban J connectivity index is 1.59. The van der Waals surface area contributed by atoms with Gasteiger partial charge in [-0.05, 0) is 55.3 Å². The minimum atomic E-state index is -5.11. The number of thiophene rings is 1. The molecule has 4 aromatic rings. The molecule has 0 fully saturated rings. The molecular weight excluding hydrogens is 536 g/mol. The SMILES string of the molecule is O=C(Nc1cc(-c2cccs2)nn1-c1nc2c(c(=O)[nH]1)CCCC2)c1cc(C(F)(F)F)cc(C(F)(F)F)c1. The summed E-state index contributed by atoms with van der Waals surface area (Å²) in [7, 11) is 0. The molecule has 0 saturated heterocycles. The van der Waals surface area contributed by atoms with Crippen molar-refractivity contribution in [3.63, 3.8) is 0 Å². The molecule has 1 aliphatic rings. The fourth-order valence-corrected chi connectivity index (χ4v) is 4.82. The van der Waals surface area contributed by atoms with Crippen LogP contribution in [0.3, 0.4) is 0 Å². The average molecular weight is 553 g/mol. The van der Waals surface area contributed by atoms with Gasteiger partial charge < -0.3 is 5.32 Å². The summed E-state index contributed by atoms with van der Waals surface area (Å²) in [4.78, 5) is 33.4. The van der Waals surface area contributed by atoms with Gasteiger partial charge in [0.05, 0.1) is 21.7 Å². The van der Waals surface area contributed by atoms with E-state index in [1.54, 1.807) is 17.5 Å². The molecule has 3 heterocycles. The molecule has 0 unspecified atom stereocenters. The van der Waals surface area contributed by atoms with Crippen molar-refractivity contribution >= 4 is 23.1 Å². The molecule has 7 nitrogen and oxygen atoms in total. The van der Waals surface area contributed by atoms with E-state index >= 15 is 0 Å². The van der Waals surface area contributed by atoms with Gasteiger partial charge in [-0.1, -0.05) is 6.07 Å². The Labute approximate surface area is 214 Å². The highest BCUT2D eigenvalue weighted by atomic mass is 32.1. The van der Waals surface area contributed by atoms with Crippen LogP contribution in [-0.4, -0.2) is 25.7 Å². The highest BCUT2D eigenvalue weighted by Gasteiger charge is 2.37. The average Bonchev–Trinajstić information content (AvgIpc) is 3.53. The molecule has 1 aliphatic carbocycles. The van der Waals surface area contributed by atoms with E-state index in [0.717, 1.165) is 17.5 Å². The van der Waals surface area contributed by atoms with E-state index in [-0.39, 0.29) is 23.4 Å². The third kappa shape index (κ3) is 5.08. The van der Waals surface area contributed by atoms with Crippen molar-refractivity contribution in [2.24, 2.45) is 0 Å². The highest BCUT2D eigenvalue weighted by molar-refractivity contribution is 7.13. The Morgan fingerprint density at radius 2 is 1.68 bits per heavy atom. The summed E-state index contributed by atoms with van der Waals surface area (Å²) in [5.41, 5.74) is -3.03. The van der Waals surface area contributed by atoms with E-state index in [1.165, 1.54) is 17.4 Å². The molecule has 0 saturated carbocycles. The number of hydrogen-bond donors (Lipinski definition) is 2. The lowest BCUT2D eigenvalue weighted by Gasteiger charge is -2.16. The molecule has 1 aromatic carbocycles. The third-order valence-corrected chi connectivity index (χ3v) is 6.85. The van der Waals surface area contributed by atoms with Crippen molar-refractivity contribution in [1.29, 1.82) is 0 Å². The zero-order chi connectivity index (χ0) is 27.2. The second-order valence-corrected chi connectivity index (χ2v) is 9.52. The van der Waals surface area contributed by atoms with Gasteiger partial charge in [0.2, 0.25) is 5.95 Å². The first-order valence-corrected chi connectivity index (χ1v) is 12.2. The molecule has 1 amide bonds. The van der Waals surface area contributed by atoms with Crippen LogP contribution in [-0.2, 0) is 25.2 Å². The van der Waals surface area contributed by atoms with Gasteiger partial charge in [-0.25, -0.2) is 4.98 Å². The molecule has 14 heteroatoms. The molecule has 0 aliphatic heterocycles. The number of H-pyrrole nitrogens is 1. The van der Waals surface area contributed by atoms with Crippen LogP contribution in [0.25, 0.3) is 16.5 Å². The number of nitrogens with one attached hydrogen (secondary N) is 2. The molecule has 198 valence electrons. The van der Waals surface area contributed by atoms with E-state index in [2.05, 4.69) is 20.4 Å². The predicted octanol–water partition coefficient (Wildman–Crippen LogP) is 5.85. The summed E-state index contributed by atoms with van der Waals surface area (Å²) < 4.78 is 80.9. The Hall–Kier alpha value is -3.94. The van der Waals surface area contributed by atoms with Crippen LogP contribution in [0.15, 0.2) is 46.6 Å². The summed E-state index contributed by atoms with van der Waals surface area (Å²) in [6.07, 6.45) is -7.47. The van der Waals surface area contributed by atoms with Crippen molar-refractivity contribution in [1.82, 2.24) is 19.7 Å². The first kappa shape index (κ1) is 25.7. The lowest BCUT2D eigenvalue weighted by Crippen LogP contribution is -2.25. The maximum Gasteiger partial charge on any atom is 0.416 e. The summed E-state index contributed by atoms with van der Waals surface area (Å²) in [6.45, 7) is 0. The molecule has 0 spiro atoms. The van der Waals surface area contributed by atoms with Gasteiger partial charge in [0, 0.05) is 17.2 Å². The smallest absolute Gasteiger partial charge is 0.306 e. The van der Waals surface area contributed by atoms with Crippen LogP contribution in [0.4, 0.5) is 32.2 Å². The first-order valence-electron chi connectivity index (χ1n) is 11.3. The Morgan fingerprint density at radius 3 is 2.32 bits per heavy atom. The lowest BCUT2D eigenvalue weighted by atomic mass is 9.97. The van der Waals surface area contributed by atoms with Gasteiger partial charge in [0.25, 0.3) is 11.5 Å². The van der Waals surface area contributed by atoms with Crippen LogP contribution < -0.4 is 10.9 Å². The number of hydrogen-bond acceptors (Lipinski definition) is 5. The van der Waals surface area contributed by atoms with Crippen molar-refractivity contribution < 1.29 is 31.1 Å². The van der Waals surface area contributed by atoms with Gasteiger partial charge in [-0.2, -0.15) is 36.1 Å². The number of alkyl halides is 6. The number of aryl methyl sites for hydroxylation is 1. The number of amides is 1. The number of halogens is 6. The number of anilines is 1. The number of carbonyl (C=O) groups is 1. The van der Waals surface area contributed by atoms with Crippen molar-refractivity contribution in [3.8, 4) is 16.5 Å². The standard InChI is InChI=1S/C24H17F6N5O2S/c25-23(26,27)13-8-12(9-14(10-13)24(28,29)30)20(36)32-19-11-17(18-6-3-7-38-18)34-35(19)22-31-16-5-2-1-4-15(16)21(37)33-22/h3,6-11H,1-2,4-5H2,(H,32,36)(H,31,33,37). The Morgan fingerprint density at radius 1 is 1.00 bits per heavy atom. The highest BCUT2D eigenvalue weighted by Crippen LogP contribution is 2.36. The van der Waals surface area contributed by atoms with Crippen LogP contribution in [0.5, 0.6) is 0 Å². The predicted molar refractivity (Wildman–Crippen MR) is 126 cm³/mol. The van der Waals surface area contributed by atoms with E-state index in [4.69, 9.17) is 0 Å². The largest absolute Gasteiger partial charge is 0.416 e. The van der Waals surface area contributed by atoms with Crippen molar-refractivity contribution in [2.75, 3.05) is 5.32 Å². The van der Waals surface area contributed by atoms with Crippen molar-refractivity contribution in [2.45, 2.75) is 38.0 Å². The first-order chi connectivity index (χ1) is 17.9. The quantitative estimate of drug-likeness (QED) is 0.310. The summed E-state index contributed by atoms with van der Waals surface area (Å²) in [5.74, 6) is -1.39. The normalized spacial score (nSPS) is 13.8. The van der Waals surface area contributed by atoms with Gasteiger partial charge in [-0.3, -0.25) is 14.6 Å². The minimum Gasteiger partial charge on any atom is -0.306 e. The van der Waals surface area contributed by atoms with E-state index in [0.29, 0.717) is 46.8 Å². The Bertz CT molecular complexity index is 1540. The number of nitrogens with zero attached hydrogens (tertiary/aromatic N) is 3. The fraction of sp³-hybridized carbons (Fsp3) is 0.250. The summed E-state index contributed by atoms with van der Waals surface area (Å²) in [6, 6.07) is 5.49. The van der Waals surface area contributed by atoms with Gasteiger partial charge in [0.15, 0.2) is 0 Å². The van der Waals surface area contributed by atoms with Crippen LogP contribution >= 0.6 is 11.3 Å². The molecule has 2 N–H and O–H groups in total. The zero-order valence-corrected chi connectivity index (χ0v) is 20.0. The molecule has 0 bridgehead atoms. The minimum absolute atomic E-state index is 0.0474. The number of rotatable bonds is 4. The maximum atomic E-state index is 13.3. The van der Waals surface area contributed by atoms with Crippen LogP contribution in [0.2, 0.25) is 0 Å². The topological polar surface area (TPSA) is 92.7 Å². The number of aromatic amines is 1. The fourth-order valence-electron chi connectivity index (χ4n) is 4.14. The van der Waals surface area contributed by atoms with Crippen LogP contribution in [0, 0.1) is 0 Å². The Kier molecular flexibility index (Phi) is 6.37. The summed E-state index contributed by atoms with van der Waals surface area (Å²) >= 11 is 1.31. The van der Waals surface area contributed by atoms with Gasteiger partial charge >= 0.3 is 12.4 Å². The van der Waals surface area contributed by atoms with E-state index in [1.807, 2.05) is 0 Å². The second-order valence-electron chi connectivity index (χ2n) is 8.57. The molecule has 0 atom stereocenters. The number of fused-ring (bicyclic) bond motifs is 1. The zero-order valence-electron chi connectivity index (χ0n) is 19.2. The maximum absolute atomic E-state index is 13.3. The monoisotopic (exact) mass is 553 g/mol. The molecular formula is C24H17F6N5O2S. The lowest BCUT2D eigenvalue weighted by molar-refractivity contribution is -0.143. The second kappa shape index (κ2) is 9.42. The van der Waals surface area contributed by atoms with Gasteiger partial charge in [-0.15, -0.1) is 11.3 Å². The number of carbonyl (C=O) groups excluding carboxylic acids is 1. The van der Waals surface area contributed by atoms with E-state index in [9.17, 15) is 35.9 Å². The van der Waals surface area contributed by atoms with Crippen molar-refractivity contribution in [3.05, 3.63) is 80.1 Å². The number of benzene rings is 1. The van der Waals surface area contributed by atoms with E-state index < -0.39 is 35.0 Å².